The molecule has 0 N–H and O–H groups in total. The number of hydrogen-bond donors (Lipinski definition) is 0. The Kier molecular flexibility index (Phi) is 3.82. The SMILES string of the molecule is Clc1cc(Cl)nc(C2CSCCS2)n1. The molecule has 1 aliphatic rings. The molecule has 0 amide bonds. The summed E-state index contributed by atoms with van der Waals surface area (Å²) in [7, 11) is 0. The molecule has 2 nitrogen and oxygen atoms in total. The van der Waals surface area contributed by atoms with Crippen LogP contribution in [-0.2, 0) is 0 Å². The lowest BCUT2D eigenvalue weighted by molar-refractivity contribution is 0.924. The molecular weight excluding hydrogens is 259 g/mol. The van der Waals surface area contributed by atoms with E-state index >= 15 is 0 Å². The molecule has 1 aromatic rings. The molecule has 2 heterocycles. The summed E-state index contributed by atoms with van der Waals surface area (Å²) in [6, 6.07) is 1.56. The third-order valence-corrected chi connectivity index (χ3v) is 4.92. The van der Waals surface area contributed by atoms with Crippen LogP contribution in [-0.4, -0.2) is 27.2 Å². The first-order valence-electron chi connectivity index (χ1n) is 4.15. The summed E-state index contributed by atoms with van der Waals surface area (Å²) in [6.07, 6.45) is 0. The molecule has 1 atom stereocenters. The fourth-order valence-electron chi connectivity index (χ4n) is 1.19. The zero-order valence-electron chi connectivity index (χ0n) is 7.24. The number of nitrogens with zero attached hydrogens (tertiary/aromatic N) is 2. The smallest absolute Gasteiger partial charge is 0.145 e. The number of thioether (sulfide) groups is 2. The third kappa shape index (κ3) is 2.69. The largest absolute Gasteiger partial charge is 0.220 e. The van der Waals surface area contributed by atoms with Gasteiger partial charge in [-0.25, -0.2) is 9.97 Å². The van der Waals surface area contributed by atoms with Crippen molar-refractivity contribution in [3.63, 3.8) is 0 Å². The maximum absolute atomic E-state index is 5.82. The van der Waals surface area contributed by atoms with Gasteiger partial charge in [-0.3, -0.25) is 0 Å². The molecule has 0 aliphatic carbocycles. The minimum Gasteiger partial charge on any atom is -0.220 e. The van der Waals surface area contributed by atoms with Crippen molar-refractivity contribution >= 4 is 46.7 Å². The van der Waals surface area contributed by atoms with Crippen LogP contribution in [0.3, 0.4) is 0 Å². The van der Waals surface area contributed by atoms with Gasteiger partial charge in [-0.05, 0) is 0 Å². The molecule has 2 rings (SSSR count). The zero-order chi connectivity index (χ0) is 9.97. The minimum atomic E-state index is 0.338. The van der Waals surface area contributed by atoms with Crippen LogP contribution in [0.4, 0.5) is 0 Å². The van der Waals surface area contributed by atoms with Crippen molar-refractivity contribution in [2.75, 3.05) is 17.3 Å². The predicted octanol–water partition coefficient (Wildman–Crippen LogP) is 3.30. The summed E-state index contributed by atoms with van der Waals surface area (Å²) in [5, 5.41) is 1.19. The summed E-state index contributed by atoms with van der Waals surface area (Å²) in [4.78, 5) is 8.39. The lowest BCUT2D eigenvalue weighted by Gasteiger charge is -2.19. The first-order valence-corrected chi connectivity index (χ1v) is 7.11. The van der Waals surface area contributed by atoms with Crippen LogP contribution in [0.1, 0.15) is 11.1 Å². The van der Waals surface area contributed by atoms with Crippen LogP contribution in [0, 0.1) is 0 Å². The Morgan fingerprint density at radius 3 is 2.50 bits per heavy atom. The Morgan fingerprint density at radius 1 is 1.21 bits per heavy atom. The van der Waals surface area contributed by atoms with E-state index in [0.717, 1.165) is 17.3 Å². The van der Waals surface area contributed by atoms with Crippen molar-refractivity contribution in [1.82, 2.24) is 9.97 Å². The van der Waals surface area contributed by atoms with Crippen LogP contribution < -0.4 is 0 Å². The fourth-order valence-corrected chi connectivity index (χ4v) is 4.22. The normalized spacial score (nSPS) is 22.3. The maximum Gasteiger partial charge on any atom is 0.145 e. The summed E-state index contributed by atoms with van der Waals surface area (Å²) in [6.45, 7) is 0. The molecule has 1 aromatic heterocycles. The van der Waals surface area contributed by atoms with Gasteiger partial charge >= 0.3 is 0 Å². The zero-order valence-corrected chi connectivity index (χ0v) is 10.4. The molecule has 0 radical (unpaired) electrons. The summed E-state index contributed by atoms with van der Waals surface area (Å²) < 4.78 is 0. The van der Waals surface area contributed by atoms with E-state index in [2.05, 4.69) is 9.97 Å². The quantitative estimate of drug-likeness (QED) is 0.729. The molecule has 0 bridgehead atoms. The molecule has 76 valence electrons. The standard InChI is InChI=1S/C8H8Cl2N2S2/c9-6-3-7(10)12-8(11-6)5-4-13-1-2-14-5/h3,5H,1-2,4H2. The number of aromatic nitrogens is 2. The molecule has 1 unspecified atom stereocenters. The van der Waals surface area contributed by atoms with Gasteiger partial charge in [0, 0.05) is 23.3 Å². The molecule has 1 saturated heterocycles. The topological polar surface area (TPSA) is 25.8 Å². The van der Waals surface area contributed by atoms with Gasteiger partial charge in [-0.1, -0.05) is 23.2 Å². The number of rotatable bonds is 1. The summed E-state index contributed by atoms with van der Waals surface area (Å²) in [5.41, 5.74) is 0. The van der Waals surface area contributed by atoms with E-state index in [4.69, 9.17) is 23.2 Å². The van der Waals surface area contributed by atoms with Gasteiger partial charge in [0.25, 0.3) is 0 Å². The minimum absolute atomic E-state index is 0.338. The molecule has 1 aliphatic heterocycles. The van der Waals surface area contributed by atoms with Gasteiger partial charge < -0.3 is 0 Å². The van der Waals surface area contributed by atoms with Gasteiger partial charge in [-0.15, -0.1) is 11.8 Å². The van der Waals surface area contributed by atoms with E-state index in [1.807, 2.05) is 23.5 Å². The van der Waals surface area contributed by atoms with Crippen molar-refractivity contribution in [3.8, 4) is 0 Å². The fraction of sp³-hybridized carbons (Fsp3) is 0.500. The van der Waals surface area contributed by atoms with Crippen molar-refractivity contribution in [1.29, 1.82) is 0 Å². The van der Waals surface area contributed by atoms with Gasteiger partial charge in [0.15, 0.2) is 0 Å². The highest BCUT2D eigenvalue weighted by molar-refractivity contribution is 8.06. The Morgan fingerprint density at radius 2 is 1.93 bits per heavy atom. The molecule has 0 spiro atoms. The van der Waals surface area contributed by atoms with E-state index in [0.29, 0.717) is 15.6 Å². The maximum atomic E-state index is 5.82. The van der Waals surface area contributed by atoms with Crippen LogP contribution in [0.25, 0.3) is 0 Å². The Bertz CT molecular complexity index is 309. The lowest BCUT2D eigenvalue weighted by Crippen LogP contribution is -2.10. The van der Waals surface area contributed by atoms with E-state index in [9.17, 15) is 0 Å². The number of halogens is 2. The second-order valence-electron chi connectivity index (χ2n) is 2.81. The Hall–Kier alpha value is 0.360. The van der Waals surface area contributed by atoms with Gasteiger partial charge in [0.1, 0.15) is 16.1 Å². The van der Waals surface area contributed by atoms with Crippen molar-refractivity contribution in [3.05, 3.63) is 22.2 Å². The molecule has 0 aromatic carbocycles. The molecule has 14 heavy (non-hydrogen) atoms. The van der Waals surface area contributed by atoms with E-state index in [1.54, 1.807) is 6.07 Å². The summed E-state index contributed by atoms with van der Waals surface area (Å²) in [5.74, 6) is 4.15. The van der Waals surface area contributed by atoms with Crippen molar-refractivity contribution < 1.29 is 0 Å². The first kappa shape index (κ1) is 10.9. The van der Waals surface area contributed by atoms with Gasteiger partial charge in [0.2, 0.25) is 0 Å². The Balaban J connectivity index is 2.21. The number of hydrogen-bond acceptors (Lipinski definition) is 4. The second-order valence-corrected chi connectivity index (χ2v) is 6.04. The predicted molar refractivity (Wildman–Crippen MR) is 64.6 cm³/mol. The van der Waals surface area contributed by atoms with Gasteiger partial charge in [0.05, 0.1) is 5.25 Å². The van der Waals surface area contributed by atoms with Crippen molar-refractivity contribution in [2.45, 2.75) is 5.25 Å². The summed E-state index contributed by atoms with van der Waals surface area (Å²) >= 11 is 15.4. The van der Waals surface area contributed by atoms with Crippen LogP contribution in [0.15, 0.2) is 6.07 Å². The van der Waals surface area contributed by atoms with E-state index < -0.39 is 0 Å². The van der Waals surface area contributed by atoms with Gasteiger partial charge in [-0.2, -0.15) is 11.8 Å². The monoisotopic (exact) mass is 266 g/mol. The van der Waals surface area contributed by atoms with Crippen LogP contribution in [0.5, 0.6) is 0 Å². The highest BCUT2D eigenvalue weighted by Gasteiger charge is 2.19. The highest BCUT2D eigenvalue weighted by atomic mass is 35.5. The lowest BCUT2D eigenvalue weighted by atomic mass is 10.4. The average molecular weight is 267 g/mol. The third-order valence-electron chi connectivity index (χ3n) is 1.78. The van der Waals surface area contributed by atoms with E-state index in [1.165, 1.54) is 5.75 Å². The van der Waals surface area contributed by atoms with Crippen LogP contribution >= 0.6 is 46.7 Å². The molecule has 1 fully saturated rings. The average Bonchev–Trinajstić information content (AvgIpc) is 2.18. The molecular formula is C8H8Cl2N2S2. The highest BCUT2D eigenvalue weighted by Crippen LogP contribution is 2.35. The van der Waals surface area contributed by atoms with Crippen LogP contribution in [0.2, 0.25) is 10.3 Å². The molecule has 6 heteroatoms. The van der Waals surface area contributed by atoms with Crippen molar-refractivity contribution in [2.24, 2.45) is 0 Å². The van der Waals surface area contributed by atoms with E-state index in [-0.39, 0.29) is 0 Å². The molecule has 0 saturated carbocycles. The first-order chi connectivity index (χ1) is 6.75. The second kappa shape index (κ2) is 4.92. The Labute approximate surface area is 101 Å².